The summed E-state index contributed by atoms with van der Waals surface area (Å²) in [7, 11) is -0.271. The second kappa shape index (κ2) is 5.71. The Kier molecular flexibility index (Phi) is 4.36. The van der Waals surface area contributed by atoms with Gasteiger partial charge < -0.3 is 5.32 Å². The molecule has 0 amide bonds. The van der Waals surface area contributed by atoms with E-state index in [1.807, 2.05) is 19.2 Å². The summed E-state index contributed by atoms with van der Waals surface area (Å²) in [5.41, 5.74) is 0. The fourth-order valence-corrected chi connectivity index (χ4v) is 4.56. The van der Waals surface area contributed by atoms with E-state index in [1.54, 1.807) is 24.7 Å². The number of hydrogen-bond acceptors (Lipinski definition) is 5. The van der Waals surface area contributed by atoms with Crippen molar-refractivity contribution in [2.75, 3.05) is 19.4 Å². The van der Waals surface area contributed by atoms with Crippen molar-refractivity contribution in [3.8, 4) is 0 Å². The van der Waals surface area contributed by atoms with Gasteiger partial charge in [-0.05, 0) is 13.3 Å². The van der Waals surface area contributed by atoms with E-state index in [9.17, 15) is 8.42 Å². The van der Waals surface area contributed by atoms with Crippen LogP contribution in [-0.2, 0) is 10.0 Å². The summed E-state index contributed by atoms with van der Waals surface area (Å²) in [5, 5.41) is 4.91. The minimum Gasteiger partial charge on any atom is -0.371 e. The Morgan fingerprint density at radius 2 is 2.25 bits per heavy atom. The van der Waals surface area contributed by atoms with Gasteiger partial charge in [-0.1, -0.05) is 13.3 Å². The molecule has 2 aromatic rings. The lowest BCUT2D eigenvalue weighted by Crippen LogP contribution is -2.35. The minimum atomic E-state index is -3.58. The van der Waals surface area contributed by atoms with Crippen molar-refractivity contribution in [1.29, 1.82) is 0 Å². The number of aromatic nitrogens is 2. The fourth-order valence-electron chi connectivity index (χ4n) is 2.15. The highest BCUT2D eigenvalue weighted by Gasteiger charge is 2.31. The lowest BCUT2D eigenvalue weighted by molar-refractivity contribution is 0.367. The number of nitrogens with one attached hydrogen (secondary N) is 1. The Morgan fingerprint density at radius 3 is 2.85 bits per heavy atom. The number of nitrogens with zero attached hydrogens (tertiary/aromatic N) is 3. The molecule has 2 heterocycles. The van der Waals surface area contributed by atoms with Crippen LogP contribution in [-0.4, -0.2) is 42.2 Å². The highest BCUT2D eigenvalue weighted by atomic mass is 32.2. The lowest BCUT2D eigenvalue weighted by atomic mass is 10.2. The van der Waals surface area contributed by atoms with Crippen molar-refractivity contribution in [3.63, 3.8) is 0 Å². The Balaban J connectivity index is 2.53. The molecule has 0 saturated heterocycles. The Morgan fingerprint density at radius 1 is 1.55 bits per heavy atom. The number of fused-ring (bicyclic) bond motifs is 1. The zero-order valence-electron chi connectivity index (χ0n) is 12.1. The van der Waals surface area contributed by atoms with Gasteiger partial charge in [0.05, 0.1) is 0 Å². The molecule has 1 N–H and O–H groups in total. The van der Waals surface area contributed by atoms with Gasteiger partial charge in [0.25, 0.3) is 10.0 Å². The van der Waals surface area contributed by atoms with E-state index < -0.39 is 10.0 Å². The SMILES string of the molecule is CCCC(C)N(C)S(=O)(=O)c1c(NC)nc2sccn12. The lowest BCUT2D eigenvalue weighted by Gasteiger charge is -2.23. The van der Waals surface area contributed by atoms with E-state index in [0.29, 0.717) is 10.8 Å². The molecular weight excluding hydrogens is 296 g/mol. The molecule has 1 unspecified atom stereocenters. The number of sulfonamides is 1. The molecule has 0 radical (unpaired) electrons. The minimum absolute atomic E-state index is 0.0427. The van der Waals surface area contributed by atoms with E-state index >= 15 is 0 Å². The van der Waals surface area contributed by atoms with Crippen LogP contribution in [0.3, 0.4) is 0 Å². The second-order valence-electron chi connectivity index (χ2n) is 4.73. The van der Waals surface area contributed by atoms with E-state index in [-0.39, 0.29) is 11.1 Å². The molecule has 0 aliphatic rings. The van der Waals surface area contributed by atoms with Crippen LogP contribution >= 0.6 is 11.3 Å². The number of rotatable bonds is 6. The molecule has 0 fully saturated rings. The number of imidazole rings is 1. The largest absolute Gasteiger partial charge is 0.371 e. The topological polar surface area (TPSA) is 66.7 Å². The Hall–Kier alpha value is -1.12. The van der Waals surface area contributed by atoms with Gasteiger partial charge in [0, 0.05) is 31.7 Å². The molecule has 20 heavy (non-hydrogen) atoms. The summed E-state index contributed by atoms with van der Waals surface area (Å²) in [6.45, 7) is 3.97. The van der Waals surface area contributed by atoms with Crippen molar-refractivity contribution in [2.24, 2.45) is 0 Å². The Bertz CT molecular complexity index is 689. The van der Waals surface area contributed by atoms with Crippen LogP contribution in [0.5, 0.6) is 0 Å². The number of anilines is 1. The predicted octanol–water partition coefficient (Wildman–Crippen LogP) is 2.25. The van der Waals surface area contributed by atoms with Crippen LogP contribution in [0.25, 0.3) is 4.96 Å². The van der Waals surface area contributed by atoms with E-state index in [4.69, 9.17) is 0 Å². The molecule has 8 heteroatoms. The number of hydrogen-bond donors (Lipinski definition) is 1. The average molecular weight is 316 g/mol. The van der Waals surface area contributed by atoms with E-state index in [2.05, 4.69) is 10.3 Å². The zero-order valence-corrected chi connectivity index (χ0v) is 13.8. The summed E-state index contributed by atoms with van der Waals surface area (Å²) in [6.07, 6.45) is 3.51. The van der Waals surface area contributed by atoms with Crippen molar-refractivity contribution < 1.29 is 8.42 Å². The summed E-state index contributed by atoms with van der Waals surface area (Å²) in [6, 6.07) is -0.0427. The van der Waals surface area contributed by atoms with Crippen LogP contribution in [0.1, 0.15) is 26.7 Å². The summed E-state index contributed by atoms with van der Waals surface area (Å²) in [5.74, 6) is 0.396. The maximum absolute atomic E-state index is 12.8. The molecule has 0 aromatic carbocycles. The third-order valence-electron chi connectivity index (χ3n) is 3.41. The van der Waals surface area contributed by atoms with Crippen LogP contribution in [0.15, 0.2) is 16.6 Å². The van der Waals surface area contributed by atoms with Gasteiger partial charge in [0.15, 0.2) is 15.8 Å². The fraction of sp³-hybridized carbons (Fsp3) is 0.583. The standard InChI is InChI=1S/C12H20N4O2S2/c1-5-6-9(2)15(4)20(17,18)11-10(13-3)14-12-16(11)7-8-19-12/h7-9,13H,5-6H2,1-4H3. The molecule has 0 spiro atoms. The van der Waals surface area contributed by atoms with Gasteiger partial charge >= 0.3 is 0 Å². The van der Waals surface area contributed by atoms with Gasteiger partial charge in [0.1, 0.15) is 0 Å². The van der Waals surface area contributed by atoms with Gasteiger partial charge in [-0.15, -0.1) is 11.3 Å². The average Bonchev–Trinajstić information content (AvgIpc) is 2.96. The van der Waals surface area contributed by atoms with Crippen LogP contribution in [0.2, 0.25) is 0 Å². The third-order valence-corrected chi connectivity index (χ3v) is 6.16. The Labute approximate surface area is 123 Å². The van der Waals surface area contributed by atoms with E-state index in [1.165, 1.54) is 15.6 Å². The van der Waals surface area contributed by atoms with Gasteiger partial charge in [-0.25, -0.2) is 13.4 Å². The van der Waals surface area contributed by atoms with Crippen LogP contribution < -0.4 is 5.32 Å². The summed E-state index contributed by atoms with van der Waals surface area (Å²) in [4.78, 5) is 4.98. The first-order valence-corrected chi connectivity index (χ1v) is 8.86. The molecule has 2 rings (SSSR count). The molecule has 0 bridgehead atoms. The molecule has 0 aliphatic carbocycles. The molecule has 112 valence electrons. The van der Waals surface area contributed by atoms with Gasteiger partial charge in [-0.3, -0.25) is 4.40 Å². The monoisotopic (exact) mass is 316 g/mol. The molecular formula is C12H20N4O2S2. The molecule has 1 atom stereocenters. The molecule has 0 saturated carbocycles. The summed E-state index contributed by atoms with van der Waals surface area (Å²) >= 11 is 1.41. The highest BCUT2D eigenvalue weighted by Crippen LogP contribution is 2.28. The quantitative estimate of drug-likeness (QED) is 0.887. The van der Waals surface area contributed by atoms with Crippen molar-refractivity contribution in [3.05, 3.63) is 11.6 Å². The highest BCUT2D eigenvalue weighted by molar-refractivity contribution is 7.89. The third kappa shape index (κ3) is 2.43. The first-order valence-electron chi connectivity index (χ1n) is 6.54. The van der Waals surface area contributed by atoms with Gasteiger partial charge in [-0.2, -0.15) is 4.31 Å². The maximum Gasteiger partial charge on any atom is 0.262 e. The second-order valence-corrected chi connectivity index (χ2v) is 7.52. The smallest absolute Gasteiger partial charge is 0.262 e. The van der Waals surface area contributed by atoms with Crippen LogP contribution in [0.4, 0.5) is 5.82 Å². The van der Waals surface area contributed by atoms with Crippen LogP contribution in [0, 0.1) is 0 Å². The van der Waals surface area contributed by atoms with E-state index in [0.717, 1.165) is 12.8 Å². The molecule has 6 nitrogen and oxygen atoms in total. The van der Waals surface area contributed by atoms with Crippen molar-refractivity contribution in [2.45, 2.75) is 37.8 Å². The number of thiazole rings is 1. The maximum atomic E-state index is 12.8. The van der Waals surface area contributed by atoms with Gasteiger partial charge in [0.2, 0.25) is 0 Å². The first-order chi connectivity index (χ1) is 9.43. The molecule has 0 aliphatic heterocycles. The molecule has 2 aromatic heterocycles. The zero-order chi connectivity index (χ0) is 14.9. The normalized spacial score (nSPS) is 14.1. The van der Waals surface area contributed by atoms with Crippen molar-refractivity contribution >= 4 is 32.1 Å². The van der Waals surface area contributed by atoms with Crippen molar-refractivity contribution in [1.82, 2.24) is 13.7 Å². The predicted molar refractivity (Wildman–Crippen MR) is 81.9 cm³/mol. The first kappa shape index (κ1) is 15.3. The summed E-state index contributed by atoms with van der Waals surface area (Å²) < 4.78 is 28.7.